The summed E-state index contributed by atoms with van der Waals surface area (Å²) in [5.41, 5.74) is 0. The molecule has 0 bridgehead atoms. The molecule has 0 radical (unpaired) electrons. The molecule has 5 nitrogen and oxygen atoms in total. The molecule has 0 N–H and O–H groups in total. The second kappa shape index (κ2) is 5.84. The summed E-state index contributed by atoms with van der Waals surface area (Å²) in [5, 5.41) is 0.527. The van der Waals surface area contributed by atoms with Crippen molar-refractivity contribution < 1.29 is 9.47 Å². The predicted molar refractivity (Wildman–Crippen MR) is 77.4 cm³/mol. The third-order valence-electron chi connectivity index (χ3n) is 3.64. The summed E-state index contributed by atoms with van der Waals surface area (Å²) in [6.07, 6.45) is 2.57. The maximum atomic E-state index is 6.14. The van der Waals surface area contributed by atoms with Gasteiger partial charge in [-0.2, -0.15) is 0 Å². The molecule has 1 aliphatic heterocycles. The van der Waals surface area contributed by atoms with Gasteiger partial charge in [0.2, 0.25) is 0 Å². The molecular formula is C14H20ClN3O2. The molecule has 1 aliphatic carbocycles. The number of hydrogen-bond donors (Lipinski definition) is 0. The molecule has 0 amide bonds. The summed E-state index contributed by atoms with van der Waals surface area (Å²) in [7, 11) is 1.69. The zero-order valence-electron chi connectivity index (χ0n) is 11.9. The first-order chi connectivity index (χ1) is 9.65. The van der Waals surface area contributed by atoms with Gasteiger partial charge in [-0.25, -0.2) is 9.97 Å². The monoisotopic (exact) mass is 297 g/mol. The second-order valence-corrected chi connectivity index (χ2v) is 6.00. The summed E-state index contributed by atoms with van der Waals surface area (Å²) in [6, 6.07) is 1.84. The molecule has 2 heterocycles. The van der Waals surface area contributed by atoms with Gasteiger partial charge in [0.15, 0.2) is 0 Å². The Labute approximate surface area is 124 Å². The normalized spacial score (nSPS) is 26.9. The van der Waals surface area contributed by atoms with E-state index in [1.165, 1.54) is 12.8 Å². The van der Waals surface area contributed by atoms with Crippen molar-refractivity contribution >= 4 is 17.4 Å². The standard InChI is InChI=1S/C14H20ClN3O2/c1-9-6-18(7-11(20-9)8-19-2)13-5-12(15)16-14(17-13)10-3-4-10/h5,9-11H,3-4,6-8H2,1-2H3. The Bertz CT molecular complexity index is 481. The van der Waals surface area contributed by atoms with Crippen LogP contribution in [0.5, 0.6) is 0 Å². The Hall–Kier alpha value is -0.910. The first-order valence-corrected chi connectivity index (χ1v) is 7.47. The van der Waals surface area contributed by atoms with Crippen molar-refractivity contribution in [3.8, 4) is 0 Å². The molecule has 2 fully saturated rings. The third-order valence-corrected chi connectivity index (χ3v) is 3.84. The van der Waals surface area contributed by atoms with Gasteiger partial charge in [0.05, 0.1) is 18.8 Å². The average Bonchev–Trinajstić information content (AvgIpc) is 3.22. The van der Waals surface area contributed by atoms with Crippen LogP contribution in [0.25, 0.3) is 0 Å². The Morgan fingerprint density at radius 1 is 1.40 bits per heavy atom. The number of halogens is 1. The molecule has 6 heteroatoms. The highest BCUT2D eigenvalue weighted by atomic mass is 35.5. The van der Waals surface area contributed by atoms with Crippen LogP contribution in [-0.4, -0.2) is 49.0 Å². The average molecular weight is 298 g/mol. The highest BCUT2D eigenvalue weighted by molar-refractivity contribution is 6.29. The molecule has 20 heavy (non-hydrogen) atoms. The number of anilines is 1. The Balaban J connectivity index is 1.80. The van der Waals surface area contributed by atoms with Gasteiger partial charge in [0, 0.05) is 32.2 Å². The number of ether oxygens (including phenoxy) is 2. The smallest absolute Gasteiger partial charge is 0.135 e. The van der Waals surface area contributed by atoms with Crippen LogP contribution in [0.3, 0.4) is 0 Å². The van der Waals surface area contributed by atoms with Crippen molar-refractivity contribution in [3.63, 3.8) is 0 Å². The van der Waals surface area contributed by atoms with Crippen LogP contribution >= 0.6 is 11.6 Å². The molecule has 1 saturated carbocycles. The first kappa shape index (κ1) is 14.0. The third kappa shape index (κ3) is 3.22. The summed E-state index contributed by atoms with van der Waals surface area (Å²) >= 11 is 6.14. The van der Waals surface area contributed by atoms with Crippen LogP contribution in [-0.2, 0) is 9.47 Å². The van der Waals surface area contributed by atoms with Crippen LogP contribution < -0.4 is 4.90 Å². The molecule has 1 aromatic rings. The minimum atomic E-state index is 0.0712. The predicted octanol–water partition coefficient (Wildman–Crippen LogP) is 2.25. The van der Waals surface area contributed by atoms with E-state index in [0.717, 1.165) is 24.7 Å². The van der Waals surface area contributed by atoms with E-state index in [9.17, 15) is 0 Å². The quantitative estimate of drug-likeness (QED) is 0.798. The van der Waals surface area contributed by atoms with E-state index in [4.69, 9.17) is 21.1 Å². The molecule has 1 saturated heterocycles. The number of aromatic nitrogens is 2. The van der Waals surface area contributed by atoms with E-state index < -0.39 is 0 Å². The fourth-order valence-electron chi connectivity index (χ4n) is 2.62. The molecule has 0 aromatic carbocycles. The van der Waals surface area contributed by atoms with Crippen molar-refractivity contribution in [2.45, 2.75) is 37.9 Å². The molecule has 0 spiro atoms. The largest absolute Gasteiger partial charge is 0.382 e. The number of morpholine rings is 1. The molecule has 2 aliphatic rings. The van der Waals surface area contributed by atoms with Crippen LogP contribution in [0.1, 0.15) is 31.5 Å². The van der Waals surface area contributed by atoms with Gasteiger partial charge in [-0.3, -0.25) is 0 Å². The van der Waals surface area contributed by atoms with Crippen LogP contribution in [0.2, 0.25) is 5.15 Å². The van der Waals surface area contributed by atoms with Gasteiger partial charge < -0.3 is 14.4 Å². The SMILES string of the molecule is COCC1CN(c2cc(Cl)nc(C3CC3)n2)CC(C)O1. The van der Waals surface area contributed by atoms with Crippen LogP contribution in [0, 0.1) is 0 Å². The van der Waals surface area contributed by atoms with Crippen LogP contribution in [0.4, 0.5) is 5.82 Å². The molecule has 3 rings (SSSR count). The van der Waals surface area contributed by atoms with Crippen molar-refractivity contribution in [1.82, 2.24) is 9.97 Å². The maximum Gasteiger partial charge on any atom is 0.135 e. The van der Waals surface area contributed by atoms with E-state index >= 15 is 0 Å². The lowest BCUT2D eigenvalue weighted by Gasteiger charge is -2.37. The highest BCUT2D eigenvalue weighted by Crippen LogP contribution is 2.39. The fraction of sp³-hybridized carbons (Fsp3) is 0.714. The summed E-state index contributed by atoms with van der Waals surface area (Å²) in [5.74, 6) is 2.29. The highest BCUT2D eigenvalue weighted by Gasteiger charge is 2.30. The fourth-order valence-corrected chi connectivity index (χ4v) is 2.80. The minimum absolute atomic E-state index is 0.0712. The van der Waals surface area contributed by atoms with Crippen molar-refractivity contribution in [3.05, 3.63) is 17.0 Å². The minimum Gasteiger partial charge on any atom is -0.382 e. The van der Waals surface area contributed by atoms with E-state index in [1.807, 2.05) is 6.07 Å². The zero-order valence-corrected chi connectivity index (χ0v) is 12.6. The summed E-state index contributed by atoms with van der Waals surface area (Å²) < 4.78 is 11.1. The zero-order chi connectivity index (χ0) is 14.1. The maximum absolute atomic E-state index is 6.14. The van der Waals surface area contributed by atoms with Gasteiger partial charge in [-0.05, 0) is 19.8 Å². The molecule has 1 aromatic heterocycles. The summed E-state index contributed by atoms with van der Waals surface area (Å²) in [6.45, 7) is 4.25. The van der Waals surface area contributed by atoms with Crippen molar-refractivity contribution in [1.29, 1.82) is 0 Å². The van der Waals surface area contributed by atoms with Crippen LogP contribution in [0.15, 0.2) is 6.07 Å². The Kier molecular flexibility index (Phi) is 4.10. The summed E-state index contributed by atoms with van der Waals surface area (Å²) in [4.78, 5) is 11.2. The Morgan fingerprint density at radius 3 is 2.90 bits per heavy atom. The lowest BCUT2D eigenvalue weighted by molar-refractivity contribution is -0.0512. The molecule has 110 valence electrons. The number of rotatable bonds is 4. The number of hydrogen-bond acceptors (Lipinski definition) is 5. The second-order valence-electron chi connectivity index (χ2n) is 5.61. The lowest BCUT2D eigenvalue weighted by atomic mass is 10.2. The van der Waals surface area contributed by atoms with Crippen molar-refractivity contribution in [2.24, 2.45) is 0 Å². The first-order valence-electron chi connectivity index (χ1n) is 7.09. The van der Waals surface area contributed by atoms with Gasteiger partial charge in [-0.1, -0.05) is 11.6 Å². The molecule has 2 unspecified atom stereocenters. The van der Waals surface area contributed by atoms with E-state index in [1.54, 1.807) is 7.11 Å². The number of methoxy groups -OCH3 is 1. The lowest BCUT2D eigenvalue weighted by Crippen LogP contribution is -2.48. The van der Waals surface area contributed by atoms with Gasteiger partial charge in [0.25, 0.3) is 0 Å². The molecule has 2 atom stereocenters. The van der Waals surface area contributed by atoms with Gasteiger partial charge in [-0.15, -0.1) is 0 Å². The van der Waals surface area contributed by atoms with Gasteiger partial charge in [0.1, 0.15) is 16.8 Å². The number of nitrogens with zero attached hydrogens (tertiary/aromatic N) is 3. The molecular weight excluding hydrogens is 278 g/mol. The van der Waals surface area contributed by atoms with E-state index in [2.05, 4.69) is 21.8 Å². The Morgan fingerprint density at radius 2 is 2.20 bits per heavy atom. The van der Waals surface area contributed by atoms with Gasteiger partial charge >= 0.3 is 0 Å². The van der Waals surface area contributed by atoms with E-state index in [-0.39, 0.29) is 12.2 Å². The topological polar surface area (TPSA) is 47.5 Å². The van der Waals surface area contributed by atoms with E-state index in [0.29, 0.717) is 17.7 Å². The van der Waals surface area contributed by atoms with Crippen molar-refractivity contribution in [2.75, 3.05) is 31.7 Å².